The van der Waals surface area contributed by atoms with Gasteiger partial charge in [0.25, 0.3) is 0 Å². The highest BCUT2D eigenvalue weighted by molar-refractivity contribution is 5.18. The van der Waals surface area contributed by atoms with Gasteiger partial charge in [0.1, 0.15) is 11.6 Å². The number of hydrogen-bond donors (Lipinski definition) is 1. The molecule has 1 atom stereocenters. The van der Waals surface area contributed by atoms with E-state index in [1.807, 2.05) is 0 Å². The van der Waals surface area contributed by atoms with Crippen LogP contribution < -0.4 is 5.73 Å². The topological polar surface area (TPSA) is 29.3 Å². The van der Waals surface area contributed by atoms with E-state index < -0.39 is 11.6 Å². The zero-order chi connectivity index (χ0) is 11.5. The fourth-order valence-corrected chi connectivity index (χ4v) is 2.24. The summed E-state index contributed by atoms with van der Waals surface area (Å²) < 4.78 is 26.2. The highest BCUT2D eigenvalue weighted by atomic mass is 19.1. The molecule has 0 aromatic heterocycles. The van der Waals surface area contributed by atoms with Crippen LogP contribution in [0.3, 0.4) is 0 Å². The fourth-order valence-electron chi connectivity index (χ4n) is 2.24. The van der Waals surface area contributed by atoms with E-state index in [1.165, 1.54) is 12.1 Å². The van der Waals surface area contributed by atoms with Crippen molar-refractivity contribution in [3.05, 3.63) is 35.4 Å². The van der Waals surface area contributed by atoms with Crippen molar-refractivity contribution < 1.29 is 8.78 Å². The van der Waals surface area contributed by atoms with Gasteiger partial charge in [-0.3, -0.25) is 4.90 Å². The van der Waals surface area contributed by atoms with Crippen molar-refractivity contribution in [2.75, 3.05) is 13.1 Å². The van der Waals surface area contributed by atoms with Gasteiger partial charge in [-0.1, -0.05) is 6.07 Å². The van der Waals surface area contributed by atoms with Crippen LogP contribution in [-0.2, 0) is 6.54 Å². The Hall–Kier alpha value is -1.00. The van der Waals surface area contributed by atoms with Crippen molar-refractivity contribution in [3.63, 3.8) is 0 Å². The number of nitrogens with two attached hydrogens (primary N) is 1. The van der Waals surface area contributed by atoms with Crippen LogP contribution >= 0.6 is 0 Å². The van der Waals surface area contributed by atoms with E-state index in [1.54, 1.807) is 0 Å². The smallest absolute Gasteiger partial charge is 0.130 e. The lowest BCUT2D eigenvalue weighted by atomic mass is 10.1. The molecule has 0 aliphatic carbocycles. The Balaban J connectivity index is 2.08. The van der Waals surface area contributed by atoms with Crippen LogP contribution in [0.15, 0.2) is 18.2 Å². The van der Waals surface area contributed by atoms with Crippen LogP contribution in [0, 0.1) is 11.6 Å². The lowest BCUT2D eigenvalue weighted by Gasteiger charge is -2.23. The van der Waals surface area contributed by atoms with Gasteiger partial charge < -0.3 is 5.73 Å². The predicted octanol–water partition coefficient (Wildman–Crippen LogP) is 1.89. The Labute approximate surface area is 94.0 Å². The molecule has 1 aliphatic heterocycles. The minimum atomic E-state index is -0.530. The number of rotatable bonds is 3. The van der Waals surface area contributed by atoms with Gasteiger partial charge in [0.05, 0.1) is 0 Å². The number of halogens is 2. The Morgan fingerprint density at radius 2 is 2.19 bits per heavy atom. The minimum absolute atomic E-state index is 0.337. The molecule has 0 radical (unpaired) electrons. The maximum Gasteiger partial charge on any atom is 0.130 e. The summed E-state index contributed by atoms with van der Waals surface area (Å²) in [6.45, 7) is 2.06. The van der Waals surface area contributed by atoms with E-state index in [0.717, 1.165) is 25.5 Å². The van der Waals surface area contributed by atoms with Gasteiger partial charge in [0.15, 0.2) is 0 Å². The molecule has 16 heavy (non-hydrogen) atoms. The van der Waals surface area contributed by atoms with E-state index in [-0.39, 0.29) is 0 Å². The molecule has 0 amide bonds. The largest absolute Gasteiger partial charge is 0.329 e. The molecular formula is C12H16F2N2. The van der Waals surface area contributed by atoms with E-state index >= 15 is 0 Å². The van der Waals surface area contributed by atoms with Crippen molar-refractivity contribution in [3.8, 4) is 0 Å². The average Bonchev–Trinajstić information content (AvgIpc) is 2.69. The maximum absolute atomic E-state index is 13.4. The number of benzene rings is 1. The maximum atomic E-state index is 13.4. The number of hydrogen-bond acceptors (Lipinski definition) is 2. The molecule has 1 heterocycles. The molecule has 1 aliphatic rings. The molecule has 0 bridgehead atoms. The zero-order valence-corrected chi connectivity index (χ0v) is 9.13. The molecule has 2 nitrogen and oxygen atoms in total. The molecule has 88 valence electrons. The summed E-state index contributed by atoms with van der Waals surface area (Å²) >= 11 is 0. The monoisotopic (exact) mass is 226 g/mol. The first-order valence-corrected chi connectivity index (χ1v) is 5.58. The average molecular weight is 226 g/mol. The van der Waals surface area contributed by atoms with Crippen molar-refractivity contribution >= 4 is 0 Å². The van der Waals surface area contributed by atoms with E-state index in [4.69, 9.17) is 5.73 Å². The summed E-state index contributed by atoms with van der Waals surface area (Å²) in [4.78, 5) is 2.16. The molecule has 1 aromatic rings. The third-order valence-electron chi connectivity index (χ3n) is 3.16. The summed E-state index contributed by atoms with van der Waals surface area (Å²) in [7, 11) is 0. The van der Waals surface area contributed by atoms with Crippen molar-refractivity contribution in [2.24, 2.45) is 5.73 Å². The van der Waals surface area contributed by atoms with Crippen LogP contribution in [0.1, 0.15) is 18.4 Å². The van der Waals surface area contributed by atoms with Gasteiger partial charge in [-0.05, 0) is 25.5 Å². The molecule has 2 rings (SSSR count). The third-order valence-corrected chi connectivity index (χ3v) is 3.16. The summed E-state index contributed by atoms with van der Waals surface area (Å²) in [6.07, 6.45) is 2.17. The molecule has 1 aromatic carbocycles. The molecule has 2 N–H and O–H groups in total. The van der Waals surface area contributed by atoms with E-state index in [2.05, 4.69) is 4.90 Å². The van der Waals surface area contributed by atoms with Crippen LogP contribution in [-0.4, -0.2) is 24.0 Å². The minimum Gasteiger partial charge on any atom is -0.329 e. The second-order valence-corrected chi connectivity index (χ2v) is 4.24. The van der Waals surface area contributed by atoms with Crippen LogP contribution in [0.2, 0.25) is 0 Å². The van der Waals surface area contributed by atoms with Crippen molar-refractivity contribution in [2.45, 2.75) is 25.4 Å². The standard InChI is InChI=1S/C12H16F2N2/c13-10-4-3-9(12(14)6-10)8-16-5-1-2-11(16)7-15/h3-4,6,11H,1-2,5,7-8,15H2. The molecule has 4 heteroatoms. The van der Waals surface area contributed by atoms with Crippen molar-refractivity contribution in [1.29, 1.82) is 0 Å². The molecule has 0 saturated carbocycles. The third kappa shape index (κ3) is 2.39. The first-order valence-electron chi connectivity index (χ1n) is 5.58. The van der Waals surface area contributed by atoms with Gasteiger partial charge in [-0.2, -0.15) is 0 Å². The summed E-state index contributed by atoms with van der Waals surface area (Å²) in [5.74, 6) is -0.999. The summed E-state index contributed by atoms with van der Waals surface area (Å²) in [5, 5.41) is 0. The zero-order valence-electron chi connectivity index (χ0n) is 9.13. The van der Waals surface area contributed by atoms with E-state index in [9.17, 15) is 8.78 Å². The van der Waals surface area contributed by atoms with Gasteiger partial charge >= 0.3 is 0 Å². The lowest BCUT2D eigenvalue weighted by Crippen LogP contribution is -2.35. The highest BCUT2D eigenvalue weighted by Crippen LogP contribution is 2.20. The Kier molecular flexibility index (Phi) is 3.51. The highest BCUT2D eigenvalue weighted by Gasteiger charge is 2.23. The quantitative estimate of drug-likeness (QED) is 0.852. The van der Waals surface area contributed by atoms with Gasteiger partial charge in [-0.15, -0.1) is 0 Å². The van der Waals surface area contributed by atoms with Crippen molar-refractivity contribution in [1.82, 2.24) is 4.90 Å². The van der Waals surface area contributed by atoms with Crippen LogP contribution in [0.25, 0.3) is 0 Å². The first-order chi connectivity index (χ1) is 7.70. The predicted molar refractivity (Wildman–Crippen MR) is 58.8 cm³/mol. The number of nitrogens with zero attached hydrogens (tertiary/aromatic N) is 1. The SMILES string of the molecule is NCC1CCCN1Cc1ccc(F)cc1F. The molecule has 1 saturated heterocycles. The normalized spacial score (nSPS) is 21.6. The molecule has 1 unspecified atom stereocenters. The van der Waals surface area contributed by atoms with Crippen LogP contribution in [0.5, 0.6) is 0 Å². The summed E-state index contributed by atoms with van der Waals surface area (Å²) in [5.41, 5.74) is 6.19. The summed E-state index contributed by atoms with van der Waals surface area (Å²) in [6, 6.07) is 4.08. The molecule has 0 spiro atoms. The number of likely N-dealkylation sites (tertiary alicyclic amines) is 1. The van der Waals surface area contributed by atoms with Crippen LogP contribution in [0.4, 0.5) is 8.78 Å². The lowest BCUT2D eigenvalue weighted by molar-refractivity contribution is 0.246. The molecular weight excluding hydrogens is 210 g/mol. The Morgan fingerprint density at radius 3 is 2.88 bits per heavy atom. The second-order valence-electron chi connectivity index (χ2n) is 4.24. The van der Waals surface area contributed by atoms with Gasteiger partial charge in [0, 0.05) is 30.8 Å². The second kappa shape index (κ2) is 4.89. The first kappa shape index (κ1) is 11.5. The van der Waals surface area contributed by atoms with E-state index in [0.29, 0.717) is 24.7 Å². The van der Waals surface area contributed by atoms with Gasteiger partial charge in [0.2, 0.25) is 0 Å². The van der Waals surface area contributed by atoms with Gasteiger partial charge in [-0.25, -0.2) is 8.78 Å². The fraction of sp³-hybridized carbons (Fsp3) is 0.500. The molecule has 1 fully saturated rings. The Morgan fingerprint density at radius 1 is 1.38 bits per heavy atom. The Bertz CT molecular complexity index is 368.